The topological polar surface area (TPSA) is 99.9 Å². The van der Waals surface area contributed by atoms with Gasteiger partial charge in [-0.05, 0) is 6.92 Å². The van der Waals surface area contributed by atoms with Crippen LogP contribution in [-0.4, -0.2) is 18.7 Å². The maximum Gasteiger partial charge on any atom is 0.332 e. The van der Waals surface area contributed by atoms with E-state index in [4.69, 9.17) is 5.84 Å². The Balaban J connectivity index is 3.10. The van der Waals surface area contributed by atoms with E-state index >= 15 is 0 Å². The van der Waals surface area contributed by atoms with E-state index in [1.54, 1.807) is 11.6 Å². The number of aromatic nitrogens is 4. The summed E-state index contributed by atoms with van der Waals surface area (Å²) in [5.74, 6) is 5.70. The molecule has 0 fully saturated rings. The first kappa shape index (κ1) is 11.4. The molecule has 0 aliphatic carbocycles. The summed E-state index contributed by atoms with van der Waals surface area (Å²) in [6.07, 6.45) is 0. The Bertz CT molecular complexity index is 692. The molecule has 2 heterocycles. The van der Waals surface area contributed by atoms with Crippen LogP contribution in [0, 0.1) is 0 Å². The lowest BCUT2D eigenvalue weighted by atomic mass is 10.5. The molecule has 0 aliphatic rings. The lowest BCUT2D eigenvalue weighted by Crippen LogP contribution is -2.37. The van der Waals surface area contributed by atoms with Gasteiger partial charge in [-0.1, -0.05) is 0 Å². The molecule has 3 N–H and O–H groups in total. The highest BCUT2D eigenvalue weighted by molar-refractivity contribution is 5.74. The number of nitrogens with zero attached hydrogens (tertiary/aromatic N) is 4. The molecule has 0 amide bonds. The summed E-state index contributed by atoms with van der Waals surface area (Å²) < 4.78 is 4.01. The van der Waals surface area contributed by atoms with Crippen LogP contribution in [-0.2, 0) is 20.6 Å². The first-order chi connectivity index (χ1) is 8.02. The Morgan fingerprint density at radius 1 is 1.29 bits per heavy atom. The van der Waals surface area contributed by atoms with Crippen molar-refractivity contribution >= 4 is 17.1 Å². The number of nitrogens with one attached hydrogen (secondary N) is 1. The minimum atomic E-state index is -0.410. The average Bonchev–Trinajstić information content (AvgIpc) is 2.72. The van der Waals surface area contributed by atoms with Crippen LogP contribution in [0.2, 0.25) is 0 Å². The maximum atomic E-state index is 12.0. The fourth-order valence-electron chi connectivity index (χ4n) is 1.86. The van der Waals surface area contributed by atoms with E-state index in [1.165, 1.54) is 11.6 Å². The Morgan fingerprint density at radius 2 is 1.94 bits per heavy atom. The van der Waals surface area contributed by atoms with Crippen LogP contribution in [0.15, 0.2) is 9.59 Å². The molecule has 0 unspecified atom stereocenters. The molecular weight excluding hydrogens is 224 g/mol. The summed E-state index contributed by atoms with van der Waals surface area (Å²) in [6, 6.07) is 0. The molecule has 0 radical (unpaired) electrons. The largest absolute Gasteiger partial charge is 0.332 e. The van der Waals surface area contributed by atoms with Crippen molar-refractivity contribution in [2.45, 2.75) is 13.5 Å². The van der Waals surface area contributed by atoms with Crippen LogP contribution in [0.4, 0.5) is 5.95 Å². The smallest absolute Gasteiger partial charge is 0.304 e. The molecule has 0 aliphatic heterocycles. The van der Waals surface area contributed by atoms with Crippen molar-refractivity contribution in [2.24, 2.45) is 19.9 Å². The normalized spacial score (nSPS) is 11.1. The highest BCUT2D eigenvalue weighted by Crippen LogP contribution is 2.13. The van der Waals surface area contributed by atoms with E-state index in [1.807, 2.05) is 6.92 Å². The molecule has 2 aromatic rings. The molecule has 0 bridgehead atoms. The molecule has 0 spiro atoms. The number of rotatable bonds is 2. The van der Waals surface area contributed by atoms with Crippen molar-refractivity contribution in [3.05, 3.63) is 20.8 Å². The molecule has 2 rings (SSSR count). The van der Waals surface area contributed by atoms with Gasteiger partial charge in [0.25, 0.3) is 5.56 Å². The van der Waals surface area contributed by atoms with Crippen molar-refractivity contribution in [3.8, 4) is 0 Å². The van der Waals surface area contributed by atoms with Crippen LogP contribution in [0.5, 0.6) is 0 Å². The zero-order valence-electron chi connectivity index (χ0n) is 9.89. The molecular formula is C9H14N6O2. The Kier molecular flexibility index (Phi) is 2.50. The molecule has 8 heteroatoms. The lowest BCUT2D eigenvalue weighted by Gasteiger charge is -2.05. The zero-order chi connectivity index (χ0) is 12.7. The Morgan fingerprint density at radius 3 is 2.47 bits per heavy atom. The van der Waals surface area contributed by atoms with Gasteiger partial charge in [0, 0.05) is 20.6 Å². The van der Waals surface area contributed by atoms with E-state index in [2.05, 4.69) is 10.4 Å². The summed E-state index contributed by atoms with van der Waals surface area (Å²) in [4.78, 5) is 27.9. The van der Waals surface area contributed by atoms with Crippen LogP contribution in [0.3, 0.4) is 0 Å². The highest BCUT2D eigenvalue weighted by Gasteiger charge is 2.17. The summed E-state index contributed by atoms with van der Waals surface area (Å²) in [5, 5.41) is 0. The van der Waals surface area contributed by atoms with E-state index in [9.17, 15) is 9.59 Å². The number of hydrazine groups is 1. The minimum Gasteiger partial charge on any atom is -0.304 e. The SMILES string of the molecule is CCn1c(NN)nc2c1c(=O)n(C)c(=O)n2C. The number of nitrogens with two attached hydrogens (primary N) is 1. The standard InChI is InChI=1S/C9H14N6O2/c1-4-15-5-6(11-8(15)12-10)13(2)9(17)14(3)7(5)16/h4,10H2,1-3H3,(H,11,12). The first-order valence-corrected chi connectivity index (χ1v) is 5.15. The Labute approximate surface area is 96.3 Å². The van der Waals surface area contributed by atoms with Crippen molar-refractivity contribution in [3.63, 3.8) is 0 Å². The molecule has 2 aromatic heterocycles. The second-order valence-corrected chi connectivity index (χ2v) is 3.70. The van der Waals surface area contributed by atoms with Crippen LogP contribution >= 0.6 is 0 Å². The van der Waals surface area contributed by atoms with Gasteiger partial charge in [-0.2, -0.15) is 4.98 Å². The highest BCUT2D eigenvalue weighted by atomic mass is 16.2. The number of anilines is 1. The molecule has 8 nitrogen and oxygen atoms in total. The van der Waals surface area contributed by atoms with Crippen molar-refractivity contribution < 1.29 is 0 Å². The van der Waals surface area contributed by atoms with E-state index in [0.29, 0.717) is 23.7 Å². The zero-order valence-corrected chi connectivity index (χ0v) is 9.89. The van der Waals surface area contributed by atoms with E-state index in [-0.39, 0.29) is 5.56 Å². The average molecular weight is 238 g/mol. The molecule has 0 saturated carbocycles. The van der Waals surface area contributed by atoms with E-state index in [0.717, 1.165) is 4.57 Å². The maximum absolute atomic E-state index is 12.0. The minimum absolute atomic E-state index is 0.327. The predicted molar refractivity (Wildman–Crippen MR) is 63.7 cm³/mol. The quantitative estimate of drug-likeness (QED) is 0.502. The summed E-state index contributed by atoms with van der Waals surface area (Å²) in [6.45, 7) is 2.40. The summed E-state index contributed by atoms with van der Waals surface area (Å²) >= 11 is 0. The molecule has 0 saturated heterocycles. The van der Waals surface area contributed by atoms with Crippen LogP contribution in [0.1, 0.15) is 6.92 Å². The first-order valence-electron chi connectivity index (χ1n) is 5.15. The summed E-state index contributed by atoms with van der Waals surface area (Å²) in [7, 11) is 3.00. The van der Waals surface area contributed by atoms with Gasteiger partial charge >= 0.3 is 5.69 Å². The lowest BCUT2D eigenvalue weighted by molar-refractivity contribution is 0.700. The van der Waals surface area contributed by atoms with Crippen LogP contribution in [0.25, 0.3) is 11.2 Å². The fourth-order valence-corrected chi connectivity index (χ4v) is 1.86. The fraction of sp³-hybridized carbons (Fsp3) is 0.444. The number of hydrogen-bond acceptors (Lipinski definition) is 5. The third-order valence-corrected chi connectivity index (χ3v) is 2.79. The number of nitrogen functional groups attached to an aromatic ring is 1. The van der Waals surface area contributed by atoms with Gasteiger partial charge in [-0.25, -0.2) is 10.6 Å². The Hall–Kier alpha value is -2.09. The predicted octanol–water partition coefficient (Wildman–Crippen LogP) is -1.26. The van der Waals surface area contributed by atoms with Crippen LogP contribution < -0.4 is 22.5 Å². The monoisotopic (exact) mass is 238 g/mol. The number of aryl methyl sites for hydroxylation is 2. The number of hydrogen-bond donors (Lipinski definition) is 2. The third kappa shape index (κ3) is 1.37. The molecule has 0 aromatic carbocycles. The second-order valence-electron chi connectivity index (χ2n) is 3.70. The number of fused-ring (bicyclic) bond motifs is 1. The molecule has 0 atom stereocenters. The van der Waals surface area contributed by atoms with Crippen molar-refractivity contribution in [1.29, 1.82) is 0 Å². The molecule has 92 valence electrons. The van der Waals surface area contributed by atoms with Gasteiger partial charge in [0.05, 0.1) is 0 Å². The third-order valence-electron chi connectivity index (χ3n) is 2.79. The van der Waals surface area contributed by atoms with Gasteiger partial charge in [0.1, 0.15) is 0 Å². The molecule has 17 heavy (non-hydrogen) atoms. The van der Waals surface area contributed by atoms with Gasteiger partial charge in [-0.3, -0.25) is 19.4 Å². The number of imidazole rings is 1. The summed E-state index contributed by atoms with van der Waals surface area (Å²) in [5.41, 5.74) is 2.32. The van der Waals surface area contributed by atoms with Gasteiger partial charge in [-0.15, -0.1) is 0 Å². The van der Waals surface area contributed by atoms with Gasteiger partial charge < -0.3 is 4.57 Å². The van der Waals surface area contributed by atoms with Gasteiger partial charge in [0.2, 0.25) is 5.95 Å². The second kappa shape index (κ2) is 3.74. The van der Waals surface area contributed by atoms with Crippen molar-refractivity contribution in [1.82, 2.24) is 18.7 Å². The van der Waals surface area contributed by atoms with Gasteiger partial charge in [0.15, 0.2) is 11.2 Å². The van der Waals surface area contributed by atoms with Crippen molar-refractivity contribution in [2.75, 3.05) is 5.43 Å². The van der Waals surface area contributed by atoms with E-state index < -0.39 is 5.69 Å².